The quantitative estimate of drug-likeness (QED) is 0.789. The van der Waals surface area contributed by atoms with E-state index in [0.717, 1.165) is 41.8 Å². The number of halogens is 3. The van der Waals surface area contributed by atoms with Crippen molar-refractivity contribution in [1.82, 2.24) is 10.2 Å². The smallest absolute Gasteiger partial charge is 0.120 e. The number of phenols is 1. The van der Waals surface area contributed by atoms with E-state index in [-0.39, 0.29) is 24.8 Å². The SMILES string of the molecule is Cc1cc(O)c([C@H](C2CC2)N2CCNCC2)c(C)c1Br.Cl.Cl. The number of piperazine rings is 1. The van der Waals surface area contributed by atoms with Crippen LogP contribution in [0.4, 0.5) is 0 Å². The molecule has 1 saturated heterocycles. The number of hydrogen-bond donors (Lipinski definition) is 2. The first-order valence-corrected chi connectivity index (χ1v) is 8.32. The molecule has 1 saturated carbocycles. The van der Waals surface area contributed by atoms with E-state index in [1.807, 2.05) is 13.0 Å². The Bertz CT molecular complexity index is 517. The minimum absolute atomic E-state index is 0. The summed E-state index contributed by atoms with van der Waals surface area (Å²) in [6.45, 7) is 8.42. The van der Waals surface area contributed by atoms with Gasteiger partial charge in [-0.2, -0.15) is 0 Å². The summed E-state index contributed by atoms with van der Waals surface area (Å²) in [5, 5.41) is 13.9. The topological polar surface area (TPSA) is 35.5 Å². The number of nitrogens with zero attached hydrogens (tertiary/aromatic N) is 1. The molecule has 22 heavy (non-hydrogen) atoms. The fourth-order valence-corrected chi connectivity index (χ4v) is 3.74. The number of hydrogen-bond acceptors (Lipinski definition) is 3. The van der Waals surface area contributed by atoms with E-state index >= 15 is 0 Å². The molecule has 0 amide bonds. The summed E-state index contributed by atoms with van der Waals surface area (Å²) in [7, 11) is 0. The van der Waals surface area contributed by atoms with E-state index in [2.05, 4.69) is 33.1 Å². The van der Waals surface area contributed by atoms with Gasteiger partial charge in [-0.25, -0.2) is 0 Å². The lowest BCUT2D eigenvalue weighted by atomic mass is 9.93. The van der Waals surface area contributed by atoms with Crippen LogP contribution in [0.2, 0.25) is 0 Å². The maximum atomic E-state index is 10.5. The summed E-state index contributed by atoms with van der Waals surface area (Å²) in [6.07, 6.45) is 2.58. The van der Waals surface area contributed by atoms with Crippen molar-refractivity contribution in [3.63, 3.8) is 0 Å². The molecule has 6 heteroatoms. The third kappa shape index (κ3) is 3.90. The fourth-order valence-electron chi connectivity index (χ4n) is 3.41. The lowest BCUT2D eigenvalue weighted by Crippen LogP contribution is -2.45. The third-order valence-corrected chi connectivity index (χ3v) is 5.84. The van der Waals surface area contributed by atoms with Crippen molar-refractivity contribution in [1.29, 1.82) is 0 Å². The largest absolute Gasteiger partial charge is 0.508 e. The molecule has 2 aliphatic rings. The molecule has 2 fully saturated rings. The molecule has 0 aromatic heterocycles. The average Bonchev–Trinajstić information content (AvgIpc) is 3.26. The Labute approximate surface area is 153 Å². The van der Waals surface area contributed by atoms with Crippen molar-refractivity contribution in [3.8, 4) is 5.75 Å². The number of phenolic OH excluding ortho intramolecular Hbond substituents is 1. The monoisotopic (exact) mass is 410 g/mol. The standard InChI is InChI=1S/C16H23BrN2O.2ClH/c1-10-9-13(20)14(11(2)15(10)17)16(12-3-4-12)19-7-5-18-6-8-19;;/h9,12,16,18,20H,3-8H2,1-2H3;2*1H/t16-;;/m0../s1. The molecule has 0 radical (unpaired) electrons. The van der Waals surface area contributed by atoms with Gasteiger partial charge in [-0.15, -0.1) is 24.8 Å². The van der Waals surface area contributed by atoms with E-state index in [0.29, 0.717) is 17.7 Å². The summed E-state index contributed by atoms with van der Waals surface area (Å²) >= 11 is 3.68. The maximum Gasteiger partial charge on any atom is 0.120 e. The minimum Gasteiger partial charge on any atom is -0.508 e. The molecule has 0 spiro atoms. The molecule has 0 bridgehead atoms. The minimum atomic E-state index is 0. The number of aromatic hydroxyl groups is 1. The van der Waals surface area contributed by atoms with Gasteiger partial charge in [0.1, 0.15) is 5.75 Å². The molecule has 2 N–H and O–H groups in total. The van der Waals surface area contributed by atoms with Crippen LogP contribution in [0, 0.1) is 19.8 Å². The Morgan fingerprint density at radius 2 is 1.82 bits per heavy atom. The lowest BCUT2D eigenvalue weighted by Gasteiger charge is -2.36. The average molecular weight is 412 g/mol. The second-order valence-corrected chi connectivity index (χ2v) is 6.93. The fraction of sp³-hybridized carbons (Fsp3) is 0.625. The van der Waals surface area contributed by atoms with Crippen molar-refractivity contribution in [2.24, 2.45) is 5.92 Å². The Morgan fingerprint density at radius 3 is 2.36 bits per heavy atom. The van der Waals surface area contributed by atoms with E-state index < -0.39 is 0 Å². The molecule has 1 aromatic carbocycles. The molecule has 1 atom stereocenters. The summed E-state index contributed by atoms with van der Waals surface area (Å²) in [5.74, 6) is 1.19. The van der Waals surface area contributed by atoms with Crippen molar-refractivity contribution < 1.29 is 5.11 Å². The van der Waals surface area contributed by atoms with Crippen LogP contribution in [-0.2, 0) is 0 Å². The normalized spacial score (nSPS) is 20.0. The van der Waals surface area contributed by atoms with Crippen LogP contribution in [0.15, 0.2) is 10.5 Å². The van der Waals surface area contributed by atoms with Crippen molar-refractivity contribution >= 4 is 40.7 Å². The van der Waals surface area contributed by atoms with E-state index in [1.54, 1.807) is 0 Å². The molecule has 1 heterocycles. The maximum absolute atomic E-state index is 10.5. The van der Waals surface area contributed by atoms with Crippen molar-refractivity contribution in [2.75, 3.05) is 26.2 Å². The van der Waals surface area contributed by atoms with Gasteiger partial charge in [-0.1, -0.05) is 15.9 Å². The van der Waals surface area contributed by atoms with Crippen molar-refractivity contribution in [3.05, 3.63) is 27.2 Å². The summed E-state index contributed by atoms with van der Waals surface area (Å²) in [6, 6.07) is 2.29. The second-order valence-electron chi connectivity index (χ2n) is 6.13. The van der Waals surface area contributed by atoms with Gasteiger partial charge in [0.15, 0.2) is 0 Å². The summed E-state index contributed by atoms with van der Waals surface area (Å²) in [5.41, 5.74) is 3.46. The first kappa shape index (κ1) is 20.0. The molecule has 3 nitrogen and oxygen atoms in total. The van der Waals surface area contributed by atoms with Gasteiger partial charge in [0.25, 0.3) is 0 Å². The van der Waals surface area contributed by atoms with Gasteiger partial charge in [0.05, 0.1) is 0 Å². The highest BCUT2D eigenvalue weighted by Crippen LogP contribution is 2.49. The van der Waals surface area contributed by atoms with Gasteiger partial charge in [-0.3, -0.25) is 4.90 Å². The molecule has 126 valence electrons. The predicted octanol–water partition coefficient (Wildman–Crippen LogP) is 3.97. The van der Waals surface area contributed by atoms with Gasteiger partial charge < -0.3 is 10.4 Å². The van der Waals surface area contributed by atoms with Crippen LogP contribution in [0.5, 0.6) is 5.75 Å². The zero-order valence-corrected chi connectivity index (χ0v) is 16.3. The number of nitrogens with one attached hydrogen (secondary N) is 1. The Balaban J connectivity index is 0.00000121. The highest BCUT2D eigenvalue weighted by atomic mass is 79.9. The van der Waals surface area contributed by atoms with Crippen LogP contribution in [-0.4, -0.2) is 36.2 Å². The second kappa shape index (κ2) is 8.20. The lowest BCUT2D eigenvalue weighted by molar-refractivity contribution is 0.153. The van der Waals surface area contributed by atoms with Gasteiger partial charge in [-0.05, 0) is 49.8 Å². The molecule has 1 aliphatic carbocycles. The number of rotatable bonds is 3. The Kier molecular flexibility index (Phi) is 7.47. The summed E-state index contributed by atoms with van der Waals surface area (Å²) < 4.78 is 1.14. The van der Waals surface area contributed by atoms with Crippen LogP contribution in [0.25, 0.3) is 0 Å². The number of aryl methyl sites for hydroxylation is 1. The predicted molar refractivity (Wildman–Crippen MR) is 99.7 cm³/mol. The first-order chi connectivity index (χ1) is 9.59. The van der Waals surface area contributed by atoms with E-state index in [9.17, 15) is 5.11 Å². The third-order valence-electron chi connectivity index (χ3n) is 4.62. The van der Waals surface area contributed by atoms with Gasteiger partial charge >= 0.3 is 0 Å². The highest BCUT2D eigenvalue weighted by molar-refractivity contribution is 9.10. The Hall–Kier alpha value is -0.000000000000000111. The van der Waals surface area contributed by atoms with Crippen molar-refractivity contribution in [2.45, 2.75) is 32.7 Å². The zero-order chi connectivity index (χ0) is 14.3. The molecule has 0 unspecified atom stereocenters. The summed E-state index contributed by atoms with van der Waals surface area (Å²) in [4.78, 5) is 2.55. The van der Waals surface area contributed by atoms with Crippen LogP contribution < -0.4 is 5.32 Å². The van der Waals surface area contributed by atoms with E-state index in [4.69, 9.17) is 0 Å². The molecular formula is C16H25BrCl2N2O. The highest BCUT2D eigenvalue weighted by Gasteiger charge is 2.39. The number of benzene rings is 1. The molecular weight excluding hydrogens is 387 g/mol. The van der Waals surface area contributed by atoms with Crippen LogP contribution >= 0.6 is 40.7 Å². The molecule has 1 aromatic rings. The molecule has 1 aliphatic heterocycles. The van der Waals surface area contributed by atoms with Gasteiger partial charge in [0.2, 0.25) is 0 Å². The molecule has 3 rings (SSSR count). The Morgan fingerprint density at radius 1 is 1.23 bits per heavy atom. The first-order valence-electron chi connectivity index (χ1n) is 7.53. The zero-order valence-electron chi connectivity index (χ0n) is 13.1. The van der Waals surface area contributed by atoms with Gasteiger partial charge in [0, 0.05) is 42.3 Å². The van der Waals surface area contributed by atoms with Crippen LogP contribution in [0.3, 0.4) is 0 Å². The van der Waals surface area contributed by atoms with Crippen LogP contribution in [0.1, 0.15) is 35.6 Å². The van der Waals surface area contributed by atoms with E-state index in [1.165, 1.54) is 18.4 Å².